The first kappa shape index (κ1) is 15.2. The number of aliphatic hydroxyl groups is 1. The Labute approximate surface area is 123 Å². The Kier molecular flexibility index (Phi) is 4.70. The van der Waals surface area contributed by atoms with Gasteiger partial charge in [0, 0.05) is 12.8 Å². The molecule has 112 valence electrons. The molecular formula is C15H19N3O3. The van der Waals surface area contributed by atoms with Crippen molar-refractivity contribution in [1.82, 2.24) is 15.5 Å². The summed E-state index contributed by atoms with van der Waals surface area (Å²) in [7, 11) is 0. The molecule has 0 aliphatic rings. The molecule has 2 N–H and O–H groups in total. The van der Waals surface area contributed by atoms with E-state index in [0.29, 0.717) is 18.1 Å². The van der Waals surface area contributed by atoms with Gasteiger partial charge in [0.05, 0.1) is 12.1 Å². The largest absolute Gasteiger partial charge is 0.394 e. The van der Waals surface area contributed by atoms with E-state index in [1.165, 1.54) is 0 Å². The highest BCUT2D eigenvalue weighted by Gasteiger charge is 2.27. The summed E-state index contributed by atoms with van der Waals surface area (Å²) in [6.45, 7) is 3.34. The maximum absolute atomic E-state index is 12.1. The van der Waals surface area contributed by atoms with Gasteiger partial charge in [0.25, 0.3) is 0 Å². The van der Waals surface area contributed by atoms with Crippen LogP contribution in [0.4, 0.5) is 0 Å². The zero-order chi connectivity index (χ0) is 15.3. The average Bonchev–Trinajstić information content (AvgIpc) is 2.91. The van der Waals surface area contributed by atoms with Gasteiger partial charge in [0.15, 0.2) is 5.82 Å². The summed E-state index contributed by atoms with van der Waals surface area (Å²) < 4.78 is 4.97. The number of benzene rings is 1. The Morgan fingerprint density at radius 2 is 2.10 bits per heavy atom. The SMILES string of the molecule is Cc1noc(CCC(=O)NC(C)(CO)c2ccccc2)n1. The highest BCUT2D eigenvalue weighted by Crippen LogP contribution is 2.20. The monoisotopic (exact) mass is 289 g/mol. The van der Waals surface area contributed by atoms with Crippen LogP contribution in [0.2, 0.25) is 0 Å². The Morgan fingerprint density at radius 3 is 2.67 bits per heavy atom. The zero-order valence-electron chi connectivity index (χ0n) is 12.2. The van der Waals surface area contributed by atoms with Crippen molar-refractivity contribution >= 4 is 5.91 Å². The fourth-order valence-corrected chi connectivity index (χ4v) is 2.04. The van der Waals surface area contributed by atoms with Gasteiger partial charge in [-0.05, 0) is 19.4 Å². The number of carbonyl (C=O) groups is 1. The van der Waals surface area contributed by atoms with Gasteiger partial charge in [-0.1, -0.05) is 35.5 Å². The topological polar surface area (TPSA) is 88.2 Å². The van der Waals surface area contributed by atoms with Crippen LogP contribution in [-0.4, -0.2) is 27.8 Å². The highest BCUT2D eigenvalue weighted by molar-refractivity contribution is 5.77. The molecule has 1 aromatic heterocycles. The lowest BCUT2D eigenvalue weighted by Gasteiger charge is -2.29. The Bertz CT molecular complexity index is 597. The first-order chi connectivity index (χ1) is 10.0. The second kappa shape index (κ2) is 6.49. The minimum absolute atomic E-state index is 0.175. The minimum Gasteiger partial charge on any atom is -0.394 e. The Morgan fingerprint density at radius 1 is 1.38 bits per heavy atom. The van der Waals surface area contributed by atoms with Crippen LogP contribution >= 0.6 is 0 Å². The standard InChI is InChI=1S/C15H19N3O3/c1-11-16-14(21-18-11)9-8-13(20)17-15(2,10-19)12-6-4-3-5-7-12/h3-7,19H,8-10H2,1-2H3,(H,17,20). The lowest BCUT2D eigenvalue weighted by Crippen LogP contribution is -2.46. The summed E-state index contributed by atoms with van der Waals surface area (Å²) in [5, 5.41) is 16.2. The number of hydrogen-bond acceptors (Lipinski definition) is 5. The third kappa shape index (κ3) is 3.88. The molecule has 0 bridgehead atoms. The van der Waals surface area contributed by atoms with Gasteiger partial charge in [0.1, 0.15) is 0 Å². The molecule has 0 radical (unpaired) electrons. The number of rotatable bonds is 6. The van der Waals surface area contributed by atoms with E-state index in [1.54, 1.807) is 13.8 Å². The predicted octanol–water partition coefficient (Wildman–Crippen LogP) is 1.33. The zero-order valence-corrected chi connectivity index (χ0v) is 12.2. The van der Waals surface area contributed by atoms with Gasteiger partial charge in [0.2, 0.25) is 11.8 Å². The van der Waals surface area contributed by atoms with Gasteiger partial charge in [-0.15, -0.1) is 0 Å². The van der Waals surface area contributed by atoms with Gasteiger partial charge in [-0.25, -0.2) is 0 Å². The van der Waals surface area contributed by atoms with Crippen LogP contribution in [0, 0.1) is 6.92 Å². The molecule has 6 heteroatoms. The third-order valence-electron chi connectivity index (χ3n) is 3.28. The molecule has 1 amide bonds. The number of aryl methyl sites for hydroxylation is 2. The van der Waals surface area contributed by atoms with E-state index < -0.39 is 5.54 Å². The summed E-state index contributed by atoms with van der Waals surface area (Å²) >= 11 is 0. The maximum atomic E-state index is 12.1. The van der Waals surface area contributed by atoms with Gasteiger partial charge in [-0.3, -0.25) is 4.79 Å². The van der Waals surface area contributed by atoms with Gasteiger partial charge in [-0.2, -0.15) is 4.98 Å². The number of nitrogens with one attached hydrogen (secondary N) is 1. The van der Waals surface area contributed by atoms with Crippen molar-refractivity contribution in [3.05, 3.63) is 47.6 Å². The molecule has 1 atom stereocenters. The third-order valence-corrected chi connectivity index (χ3v) is 3.28. The summed E-state index contributed by atoms with van der Waals surface area (Å²) in [5.41, 5.74) is 0.0535. The summed E-state index contributed by atoms with van der Waals surface area (Å²) in [4.78, 5) is 16.1. The highest BCUT2D eigenvalue weighted by atomic mass is 16.5. The van der Waals surface area contributed by atoms with E-state index in [1.807, 2.05) is 30.3 Å². The van der Waals surface area contributed by atoms with E-state index in [0.717, 1.165) is 5.56 Å². The molecule has 0 spiro atoms. The van der Waals surface area contributed by atoms with Crippen molar-refractivity contribution in [3.8, 4) is 0 Å². The van der Waals surface area contributed by atoms with Crippen molar-refractivity contribution in [1.29, 1.82) is 0 Å². The number of aliphatic hydroxyl groups excluding tert-OH is 1. The second-order valence-electron chi connectivity index (χ2n) is 5.14. The molecule has 1 heterocycles. The van der Waals surface area contributed by atoms with Crippen molar-refractivity contribution in [2.45, 2.75) is 32.2 Å². The molecule has 0 saturated carbocycles. The predicted molar refractivity (Wildman–Crippen MR) is 76.4 cm³/mol. The van der Waals surface area contributed by atoms with Crippen LogP contribution < -0.4 is 5.32 Å². The Balaban J connectivity index is 1.96. The lowest BCUT2D eigenvalue weighted by molar-refractivity contribution is -0.123. The van der Waals surface area contributed by atoms with Gasteiger partial charge < -0.3 is 14.9 Å². The van der Waals surface area contributed by atoms with Crippen LogP contribution in [0.3, 0.4) is 0 Å². The average molecular weight is 289 g/mol. The van der Waals surface area contributed by atoms with E-state index in [2.05, 4.69) is 15.5 Å². The fraction of sp³-hybridized carbons (Fsp3) is 0.400. The molecule has 0 aliphatic heterocycles. The van der Waals surface area contributed by atoms with E-state index in [-0.39, 0.29) is 18.9 Å². The van der Waals surface area contributed by atoms with Crippen LogP contribution in [0.15, 0.2) is 34.9 Å². The maximum Gasteiger partial charge on any atom is 0.227 e. The normalized spacial score (nSPS) is 13.7. The number of nitrogens with zero attached hydrogens (tertiary/aromatic N) is 2. The molecular weight excluding hydrogens is 270 g/mol. The summed E-state index contributed by atoms with van der Waals surface area (Å²) in [6, 6.07) is 9.38. The van der Waals surface area contributed by atoms with Gasteiger partial charge >= 0.3 is 0 Å². The molecule has 21 heavy (non-hydrogen) atoms. The number of hydrogen-bond donors (Lipinski definition) is 2. The number of amides is 1. The number of aromatic nitrogens is 2. The van der Waals surface area contributed by atoms with Crippen LogP contribution in [0.5, 0.6) is 0 Å². The molecule has 0 fully saturated rings. The first-order valence-electron chi connectivity index (χ1n) is 6.80. The van der Waals surface area contributed by atoms with Crippen molar-refractivity contribution < 1.29 is 14.4 Å². The van der Waals surface area contributed by atoms with Crippen molar-refractivity contribution in [2.24, 2.45) is 0 Å². The fourth-order valence-electron chi connectivity index (χ4n) is 2.04. The summed E-state index contributed by atoms with van der Waals surface area (Å²) in [6.07, 6.45) is 0.604. The van der Waals surface area contributed by atoms with E-state index in [9.17, 15) is 9.90 Å². The molecule has 1 aromatic carbocycles. The van der Waals surface area contributed by atoms with E-state index in [4.69, 9.17) is 4.52 Å². The molecule has 0 saturated heterocycles. The van der Waals surface area contributed by atoms with Crippen molar-refractivity contribution in [2.75, 3.05) is 6.61 Å². The molecule has 0 aliphatic carbocycles. The van der Waals surface area contributed by atoms with Crippen molar-refractivity contribution in [3.63, 3.8) is 0 Å². The smallest absolute Gasteiger partial charge is 0.227 e. The van der Waals surface area contributed by atoms with Crippen LogP contribution in [0.25, 0.3) is 0 Å². The molecule has 1 unspecified atom stereocenters. The molecule has 2 aromatic rings. The molecule has 6 nitrogen and oxygen atoms in total. The van der Waals surface area contributed by atoms with E-state index >= 15 is 0 Å². The number of carbonyl (C=O) groups excluding carboxylic acids is 1. The second-order valence-corrected chi connectivity index (χ2v) is 5.14. The van der Waals surface area contributed by atoms with Crippen LogP contribution in [0.1, 0.15) is 30.6 Å². The first-order valence-corrected chi connectivity index (χ1v) is 6.80. The minimum atomic E-state index is -0.802. The lowest BCUT2D eigenvalue weighted by atomic mass is 9.92. The quantitative estimate of drug-likeness (QED) is 0.837. The summed E-state index contributed by atoms with van der Waals surface area (Å²) in [5.74, 6) is 0.814. The molecule has 2 rings (SSSR count). The Hall–Kier alpha value is -2.21. The van der Waals surface area contributed by atoms with Crippen LogP contribution in [-0.2, 0) is 16.8 Å².